The quantitative estimate of drug-likeness (QED) is 0.738. The predicted octanol–water partition coefficient (Wildman–Crippen LogP) is 3.11. The van der Waals surface area contributed by atoms with Crippen LogP contribution in [0.15, 0.2) is 30.5 Å². The largest absolute Gasteiger partial charge is 0.490 e. The minimum Gasteiger partial charge on any atom is -0.490 e. The van der Waals surface area contributed by atoms with Gasteiger partial charge in [-0.2, -0.15) is 8.78 Å². The molecule has 1 fully saturated rings. The number of rotatable bonds is 7. The van der Waals surface area contributed by atoms with Crippen molar-refractivity contribution in [3.05, 3.63) is 41.9 Å². The van der Waals surface area contributed by atoms with Gasteiger partial charge < -0.3 is 14.4 Å². The smallest absolute Gasteiger partial charge is 0.387 e. The molecule has 3 rings (SSSR count). The molecule has 0 spiro atoms. The maximum absolute atomic E-state index is 12.9. The Labute approximate surface area is 157 Å². The third-order valence-corrected chi connectivity index (χ3v) is 4.42. The Balaban J connectivity index is 1.67. The molecule has 0 atom stereocenters. The van der Waals surface area contributed by atoms with Crippen molar-refractivity contribution >= 4 is 5.82 Å². The monoisotopic (exact) mass is 378 g/mol. The van der Waals surface area contributed by atoms with Gasteiger partial charge in [-0.25, -0.2) is 9.97 Å². The summed E-state index contributed by atoms with van der Waals surface area (Å²) in [5, 5.41) is 0. The van der Waals surface area contributed by atoms with Crippen molar-refractivity contribution in [1.29, 1.82) is 0 Å². The molecule has 1 saturated heterocycles. The topological polar surface area (TPSA) is 50.7 Å². The van der Waals surface area contributed by atoms with Crippen LogP contribution in [0.3, 0.4) is 0 Å². The molecule has 0 amide bonds. The van der Waals surface area contributed by atoms with E-state index in [2.05, 4.69) is 19.8 Å². The maximum Gasteiger partial charge on any atom is 0.387 e. The second-order valence-electron chi connectivity index (χ2n) is 6.28. The van der Waals surface area contributed by atoms with Crippen LogP contribution in [-0.4, -0.2) is 54.3 Å². The van der Waals surface area contributed by atoms with Crippen LogP contribution >= 0.6 is 0 Å². The Hall–Kier alpha value is -2.48. The van der Waals surface area contributed by atoms with Crippen LogP contribution < -0.4 is 14.4 Å². The number of hydrogen-bond donors (Lipinski definition) is 0. The van der Waals surface area contributed by atoms with Gasteiger partial charge in [-0.1, -0.05) is 12.1 Å². The van der Waals surface area contributed by atoms with Gasteiger partial charge in [0.1, 0.15) is 11.6 Å². The third-order valence-electron chi connectivity index (χ3n) is 4.42. The number of piperazine rings is 1. The Morgan fingerprint density at radius 3 is 2.59 bits per heavy atom. The van der Waals surface area contributed by atoms with Crippen molar-refractivity contribution in [1.82, 2.24) is 14.9 Å². The van der Waals surface area contributed by atoms with Gasteiger partial charge in [-0.15, -0.1) is 0 Å². The molecule has 1 aliphatic rings. The lowest BCUT2D eigenvalue weighted by atomic mass is 10.1. The van der Waals surface area contributed by atoms with E-state index in [1.807, 2.05) is 19.9 Å². The molecular formula is C19H24F2N4O2. The number of benzene rings is 1. The molecule has 0 aliphatic carbocycles. The lowest BCUT2D eigenvalue weighted by Gasteiger charge is -2.35. The van der Waals surface area contributed by atoms with Crippen LogP contribution in [0.5, 0.6) is 11.5 Å². The highest BCUT2D eigenvalue weighted by molar-refractivity contribution is 5.47. The number of nitrogens with zero attached hydrogens (tertiary/aromatic N) is 4. The van der Waals surface area contributed by atoms with Gasteiger partial charge in [-0.05, 0) is 26.0 Å². The zero-order chi connectivity index (χ0) is 19.2. The molecule has 6 nitrogen and oxygen atoms in total. The molecule has 0 N–H and O–H groups in total. The van der Waals surface area contributed by atoms with Crippen molar-refractivity contribution in [2.45, 2.75) is 27.0 Å². The van der Waals surface area contributed by atoms with Crippen LogP contribution in [0.4, 0.5) is 14.6 Å². The van der Waals surface area contributed by atoms with Crippen LogP contribution in [0.1, 0.15) is 18.3 Å². The summed E-state index contributed by atoms with van der Waals surface area (Å²) in [7, 11) is 0. The van der Waals surface area contributed by atoms with E-state index in [0.29, 0.717) is 24.5 Å². The molecule has 1 aromatic heterocycles. The summed E-state index contributed by atoms with van der Waals surface area (Å²) < 4.78 is 35.9. The highest BCUT2D eigenvalue weighted by atomic mass is 19.3. The third kappa shape index (κ3) is 5.03. The van der Waals surface area contributed by atoms with Gasteiger partial charge in [0.05, 0.1) is 6.61 Å². The first-order chi connectivity index (χ1) is 13.1. The first-order valence-corrected chi connectivity index (χ1v) is 9.03. The molecule has 2 heterocycles. The van der Waals surface area contributed by atoms with Crippen LogP contribution in [0.2, 0.25) is 0 Å². The van der Waals surface area contributed by atoms with Gasteiger partial charge >= 0.3 is 6.61 Å². The summed E-state index contributed by atoms with van der Waals surface area (Å²) in [6, 6.07) is 7.17. The average Bonchev–Trinajstić information content (AvgIpc) is 2.65. The molecule has 146 valence electrons. The molecule has 1 aromatic carbocycles. The number of aryl methyl sites for hydroxylation is 1. The van der Waals surface area contributed by atoms with E-state index in [4.69, 9.17) is 9.47 Å². The second kappa shape index (κ2) is 8.94. The normalized spacial score (nSPS) is 15.2. The summed E-state index contributed by atoms with van der Waals surface area (Å²) >= 11 is 0. The fourth-order valence-electron chi connectivity index (χ4n) is 3.17. The Morgan fingerprint density at radius 2 is 1.93 bits per heavy atom. The molecule has 0 unspecified atom stereocenters. The number of ether oxygens (including phenoxy) is 2. The minimum atomic E-state index is -2.89. The fourth-order valence-corrected chi connectivity index (χ4v) is 3.17. The van der Waals surface area contributed by atoms with Gasteiger partial charge in [0, 0.05) is 44.5 Å². The maximum atomic E-state index is 12.9. The molecule has 0 radical (unpaired) electrons. The van der Waals surface area contributed by atoms with Crippen molar-refractivity contribution in [3.63, 3.8) is 0 Å². The van der Waals surface area contributed by atoms with Crippen molar-refractivity contribution < 1.29 is 18.3 Å². The van der Waals surface area contributed by atoms with Gasteiger partial charge in [0.25, 0.3) is 0 Å². The number of para-hydroxylation sites is 1. The molecule has 0 bridgehead atoms. The average molecular weight is 378 g/mol. The number of halogens is 2. The molecule has 8 heteroatoms. The van der Waals surface area contributed by atoms with Gasteiger partial charge in [-0.3, -0.25) is 4.90 Å². The summed E-state index contributed by atoms with van der Waals surface area (Å²) in [4.78, 5) is 13.0. The molecule has 0 saturated carbocycles. The summed E-state index contributed by atoms with van der Waals surface area (Å²) in [6.45, 7) is 4.94. The molecule has 2 aromatic rings. The van der Waals surface area contributed by atoms with Crippen molar-refractivity contribution in [2.24, 2.45) is 0 Å². The Bertz CT molecular complexity index is 752. The number of alkyl halides is 2. The van der Waals surface area contributed by atoms with E-state index in [0.717, 1.165) is 37.8 Å². The zero-order valence-corrected chi connectivity index (χ0v) is 15.6. The number of anilines is 1. The van der Waals surface area contributed by atoms with Crippen molar-refractivity contribution in [3.8, 4) is 11.5 Å². The Kier molecular flexibility index (Phi) is 6.39. The van der Waals surface area contributed by atoms with E-state index in [-0.39, 0.29) is 5.75 Å². The van der Waals surface area contributed by atoms with Crippen molar-refractivity contribution in [2.75, 3.05) is 37.7 Å². The molecular weight excluding hydrogens is 354 g/mol. The first kappa shape index (κ1) is 19.3. The summed E-state index contributed by atoms with van der Waals surface area (Å²) in [5.41, 5.74) is 0.701. The molecule has 1 aliphatic heterocycles. The van der Waals surface area contributed by atoms with Gasteiger partial charge in [0.15, 0.2) is 11.5 Å². The summed E-state index contributed by atoms with van der Waals surface area (Å²) in [5.74, 6) is 2.15. The van der Waals surface area contributed by atoms with E-state index in [1.165, 1.54) is 0 Å². The van der Waals surface area contributed by atoms with E-state index >= 15 is 0 Å². The number of aromatic nitrogens is 2. The predicted molar refractivity (Wildman–Crippen MR) is 98.5 cm³/mol. The first-order valence-electron chi connectivity index (χ1n) is 9.03. The molecule has 27 heavy (non-hydrogen) atoms. The van der Waals surface area contributed by atoms with Crippen LogP contribution in [0, 0.1) is 6.92 Å². The highest BCUT2D eigenvalue weighted by Gasteiger charge is 2.22. The van der Waals surface area contributed by atoms with E-state index in [9.17, 15) is 8.78 Å². The van der Waals surface area contributed by atoms with Gasteiger partial charge in [0.2, 0.25) is 0 Å². The van der Waals surface area contributed by atoms with E-state index < -0.39 is 6.61 Å². The summed E-state index contributed by atoms with van der Waals surface area (Å²) in [6.07, 6.45) is 1.76. The van der Waals surface area contributed by atoms with E-state index in [1.54, 1.807) is 24.4 Å². The number of hydrogen-bond acceptors (Lipinski definition) is 6. The van der Waals surface area contributed by atoms with Crippen LogP contribution in [-0.2, 0) is 6.54 Å². The SMILES string of the molecule is CCOc1cccc(CN2CCN(c3ccnc(C)n3)CC2)c1OC(F)F. The lowest BCUT2D eigenvalue weighted by molar-refractivity contribution is -0.0524. The second-order valence-corrected chi connectivity index (χ2v) is 6.28. The lowest BCUT2D eigenvalue weighted by Crippen LogP contribution is -2.46. The zero-order valence-electron chi connectivity index (χ0n) is 15.6. The van der Waals surface area contributed by atoms with Crippen LogP contribution in [0.25, 0.3) is 0 Å². The Morgan fingerprint density at radius 1 is 1.15 bits per heavy atom. The minimum absolute atomic E-state index is 0.128. The highest BCUT2D eigenvalue weighted by Crippen LogP contribution is 2.33. The standard InChI is InChI=1S/C19H24F2N4O2/c1-3-26-16-6-4-5-15(18(16)27-19(20)21)13-24-9-11-25(12-10-24)17-7-8-22-14(2)23-17/h4-8,19H,3,9-13H2,1-2H3. The fraction of sp³-hybridized carbons (Fsp3) is 0.474.